The molecule has 0 aromatic carbocycles. The van der Waals surface area contributed by atoms with Crippen molar-refractivity contribution in [3.63, 3.8) is 0 Å². The fraction of sp³-hybridized carbons (Fsp3) is 0.526. The van der Waals surface area contributed by atoms with Crippen LogP contribution in [0.3, 0.4) is 0 Å². The van der Waals surface area contributed by atoms with Crippen LogP contribution >= 0.6 is 24.0 Å². The maximum absolute atomic E-state index is 12.5. The molecule has 0 radical (unpaired) electrons. The van der Waals surface area contributed by atoms with Gasteiger partial charge in [0.1, 0.15) is 0 Å². The van der Waals surface area contributed by atoms with Crippen molar-refractivity contribution >= 4 is 29.9 Å². The highest BCUT2D eigenvalue weighted by atomic mass is 127. The molecule has 1 fully saturated rings. The molecule has 2 atom stereocenters. The molecule has 0 aliphatic carbocycles. The Morgan fingerprint density at radius 1 is 1.37 bits per heavy atom. The Kier molecular flexibility index (Phi) is 8.74. The van der Waals surface area contributed by atoms with Gasteiger partial charge >= 0.3 is 6.18 Å². The van der Waals surface area contributed by atoms with Crippen LogP contribution in [0.2, 0.25) is 0 Å². The molecule has 2 unspecified atom stereocenters. The van der Waals surface area contributed by atoms with Crippen LogP contribution in [0.15, 0.2) is 42.0 Å². The van der Waals surface area contributed by atoms with E-state index in [1.54, 1.807) is 25.4 Å². The molecule has 2 aromatic rings. The van der Waals surface area contributed by atoms with Crippen molar-refractivity contribution in [2.45, 2.75) is 32.1 Å². The molecule has 166 valence electrons. The summed E-state index contributed by atoms with van der Waals surface area (Å²) < 4.78 is 44.4. The van der Waals surface area contributed by atoms with Gasteiger partial charge in [-0.15, -0.1) is 24.0 Å². The molecule has 30 heavy (non-hydrogen) atoms. The second kappa shape index (κ2) is 10.8. The summed E-state index contributed by atoms with van der Waals surface area (Å²) in [6.45, 7) is 2.72. The van der Waals surface area contributed by atoms with Gasteiger partial charge in [-0.3, -0.25) is 4.99 Å². The largest absolute Gasteiger partial charge is 0.468 e. The van der Waals surface area contributed by atoms with E-state index in [-0.39, 0.29) is 42.4 Å². The highest BCUT2D eigenvalue weighted by Crippen LogP contribution is 2.27. The van der Waals surface area contributed by atoms with E-state index >= 15 is 0 Å². The van der Waals surface area contributed by atoms with Crippen molar-refractivity contribution in [1.29, 1.82) is 0 Å². The molecule has 0 spiro atoms. The van der Waals surface area contributed by atoms with E-state index in [2.05, 4.69) is 36.7 Å². The molecule has 11 heteroatoms. The molecular formula is C19H26F3IN6O. The number of aliphatic imine (C=N–C) groups is 1. The zero-order valence-electron chi connectivity index (χ0n) is 16.8. The number of aromatic nitrogens is 3. The summed E-state index contributed by atoms with van der Waals surface area (Å²) >= 11 is 0. The third-order valence-electron chi connectivity index (χ3n) is 5.00. The fourth-order valence-electron chi connectivity index (χ4n) is 3.44. The number of nitrogens with zero attached hydrogens (tertiary/aromatic N) is 5. The lowest BCUT2D eigenvalue weighted by atomic mass is 9.93. The monoisotopic (exact) mass is 538 g/mol. The third-order valence-corrected chi connectivity index (χ3v) is 5.00. The lowest BCUT2D eigenvalue weighted by Crippen LogP contribution is -2.48. The number of halogens is 4. The van der Waals surface area contributed by atoms with Gasteiger partial charge in [0.05, 0.1) is 12.4 Å². The summed E-state index contributed by atoms with van der Waals surface area (Å²) in [5.74, 6) is 1.16. The number of guanidine groups is 1. The van der Waals surface area contributed by atoms with Gasteiger partial charge in [0.2, 0.25) is 5.88 Å². The number of hydrogen-bond donors (Lipinski definition) is 1. The van der Waals surface area contributed by atoms with Crippen molar-refractivity contribution in [2.75, 3.05) is 26.7 Å². The number of alkyl halides is 3. The topological polar surface area (TPSA) is 67.6 Å². The van der Waals surface area contributed by atoms with E-state index in [1.165, 1.54) is 6.20 Å². The Labute approximate surface area is 190 Å². The minimum atomic E-state index is -4.41. The smallest absolute Gasteiger partial charge is 0.422 e. The highest BCUT2D eigenvalue weighted by molar-refractivity contribution is 14.0. The van der Waals surface area contributed by atoms with E-state index in [0.29, 0.717) is 17.4 Å². The first-order chi connectivity index (χ1) is 13.9. The van der Waals surface area contributed by atoms with Crippen LogP contribution in [0.4, 0.5) is 13.2 Å². The van der Waals surface area contributed by atoms with Crippen molar-refractivity contribution in [3.05, 3.63) is 42.6 Å². The molecule has 0 amide bonds. The van der Waals surface area contributed by atoms with Gasteiger partial charge in [0.15, 0.2) is 12.6 Å². The molecule has 1 aliphatic rings. The maximum atomic E-state index is 12.5. The van der Waals surface area contributed by atoms with Crippen LogP contribution in [-0.2, 0) is 6.54 Å². The van der Waals surface area contributed by atoms with Gasteiger partial charge in [0.25, 0.3) is 0 Å². The molecular weight excluding hydrogens is 512 g/mol. The van der Waals surface area contributed by atoms with E-state index in [9.17, 15) is 13.2 Å². The number of hydrogen-bond acceptors (Lipinski definition) is 4. The molecule has 1 saturated heterocycles. The minimum Gasteiger partial charge on any atom is -0.468 e. The van der Waals surface area contributed by atoms with E-state index < -0.39 is 12.8 Å². The molecule has 3 heterocycles. The predicted molar refractivity (Wildman–Crippen MR) is 118 cm³/mol. The van der Waals surface area contributed by atoms with Crippen LogP contribution < -0.4 is 10.1 Å². The van der Waals surface area contributed by atoms with Crippen molar-refractivity contribution in [3.8, 4) is 5.88 Å². The van der Waals surface area contributed by atoms with Crippen LogP contribution in [0.1, 0.15) is 24.9 Å². The predicted octanol–water partition coefficient (Wildman–Crippen LogP) is 3.50. The summed E-state index contributed by atoms with van der Waals surface area (Å²) in [4.78, 5) is 14.6. The Morgan fingerprint density at radius 3 is 2.83 bits per heavy atom. The first-order valence-corrected chi connectivity index (χ1v) is 9.44. The van der Waals surface area contributed by atoms with Crippen LogP contribution in [0.25, 0.3) is 0 Å². The lowest BCUT2D eigenvalue weighted by molar-refractivity contribution is -0.154. The zero-order valence-corrected chi connectivity index (χ0v) is 19.2. The average Bonchev–Trinajstić information content (AvgIpc) is 3.22. The normalized spacial score (nSPS) is 19.9. The molecule has 3 rings (SSSR count). The van der Waals surface area contributed by atoms with Crippen LogP contribution in [-0.4, -0.2) is 58.3 Å². The van der Waals surface area contributed by atoms with Gasteiger partial charge in [-0.25, -0.2) is 9.97 Å². The van der Waals surface area contributed by atoms with Gasteiger partial charge in [0, 0.05) is 50.8 Å². The first-order valence-electron chi connectivity index (χ1n) is 9.44. The van der Waals surface area contributed by atoms with Crippen molar-refractivity contribution in [1.82, 2.24) is 24.8 Å². The summed E-state index contributed by atoms with van der Waals surface area (Å²) in [6, 6.07) is 3.62. The third kappa shape index (κ3) is 6.47. The zero-order chi connectivity index (χ0) is 20.9. The number of piperidine rings is 1. The van der Waals surface area contributed by atoms with Gasteiger partial charge in [-0.05, 0) is 18.4 Å². The number of ether oxygens (including phenoxy) is 1. The van der Waals surface area contributed by atoms with Gasteiger partial charge < -0.3 is 19.5 Å². The second-order valence-corrected chi connectivity index (χ2v) is 7.06. The SMILES string of the molecule is CN=C(NCc1cccnc1OCC(F)(F)F)N1CCC(C)C(n2ccnc2)C1.I. The maximum Gasteiger partial charge on any atom is 0.422 e. The van der Waals surface area contributed by atoms with E-state index in [0.717, 1.165) is 19.5 Å². The summed E-state index contributed by atoms with van der Waals surface area (Å²) in [5.41, 5.74) is 0.537. The van der Waals surface area contributed by atoms with Crippen LogP contribution in [0, 0.1) is 5.92 Å². The van der Waals surface area contributed by atoms with Crippen LogP contribution in [0.5, 0.6) is 5.88 Å². The van der Waals surface area contributed by atoms with Gasteiger partial charge in [-0.2, -0.15) is 13.2 Å². The molecule has 2 aromatic heterocycles. The van der Waals surface area contributed by atoms with E-state index in [1.807, 2.05) is 12.5 Å². The van der Waals surface area contributed by atoms with E-state index in [4.69, 9.17) is 4.74 Å². The Hall–Kier alpha value is -2.05. The standard InChI is InChI=1S/C19H25F3N6O.HI/c1-14-5-8-27(11-16(14)28-9-7-24-13-28)18(23-2)26-10-15-4-3-6-25-17(15)29-12-19(20,21)22;/h3-4,6-7,9,13-14,16H,5,8,10-12H2,1-2H3,(H,23,26);1H. The number of nitrogens with one attached hydrogen (secondary N) is 1. The fourth-order valence-corrected chi connectivity index (χ4v) is 3.44. The number of likely N-dealkylation sites (tertiary alicyclic amines) is 1. The summed E-state index contributed by atoms with van der Waals surface area (Å²) in [7, 11) is 1.69. The Morgan fingerprint density at radius 2 is 2.17 bits per heavy atom. The van der Waals surface area contributed by atoms with Crippen molar-refractivity contribution < 1.29 is 17.9 Å². The number of pyridine rings is 1. The lowest BCUT2D eigenvalue weighted by Gasteiger charge is -2.39. The Balaban J connectivity index is 0.00000320. The molecule has 1 aliphatic heterocycles. The number of rotatable bonds is 5. The summed E-state index contributed by atoms with van der Waals surface area (Å²) in [5, 5.41) is 3.22. The molecule has 7 nitrogen and oxygen atoms in total. The van der Waals surface area contributed by atoms with Gasteiger partial charge in [-0.1, -0.05) is 13.0 Å². The van der Waals surface area contributed by atoms with Crippen molar-refractivity contribution in [2.24, 2.45) is 10.9 Å². The highest BCUT2D eigenvalue weighted by Gasteiger charge is 2.30. The average molecular weight is 538 g/mol. The molecule has 0 saturated carbocycles. The molecule has 0 bridgehead atoms. The summed E-state index contributed by atoms with van der Waals surface area (Å²) in [6.07, 6.45) is 3.54. The molecule has 1 N–H and O–H groups in total. The Bertz CT molecular complexity index is 815. The minimum absolute atomic E-state index is 0. The first kappa shape index (κ1) is 24.2. The quantitative estimate of drug-likeness (QED) is 0.359. The second-order valence-electron chi connectivity index (χ2n) is 7.06. The number of imidazole rings is 1.